The van der Waals surface area contributed by atoms with Crippen molar-refractivity contribution in [2.45, 2.75) is 37.7 Å². The molecule has 3 atom stereocenters. The molecule has 3 aliphatic rings. The number of carbonyl (C=O) groups excluding carboxylic acids is 1. The molecule has 0 aromatic carbocycles. The minimum absolute atomic E-state index is 0.300. The number of nitrogens with zero attached hydrogens (tertiary/aromatic N) is 2. The summed E-state index contributed by atoms with van der Waals surface area (Å²) in [6, 6.07) is 3.87. The Morgan fingerprint density at radius 1 is 1.33 bits per heavy atom. The number of nitrogens with two attached hydrogens (primary N) is 1. The number of primary amides is 1. The predicted octanol–water partition coefficient (Wildman–Crippen LogP) is 2.16. The van der Waals surface area contributed by atoms with E-state index >= 15 is 0 Å². The van der Waals surface area contributed by atoms with Crippen LogP contribution in [0.4, 0.5) is 0 Å². The third-order valence-corrected chi connectivity index (χ3v) is 6.29. The van der Waals surface area contributed by atoms with Crippen LogP contribution in [-0.2, 0) is 10.3 Å². The van der Waals surface area contributed by atoms with E-state index < -0.39 is 5.91 Å². The Hall–Kier alpha value is -1.46. The van der Waals surface area contributed by atoms with Crippen LogP contribution in [0.3, 0.4) is 0 Å². The lowest BCUT2D eigenvalue weighted by Gasteiger charge is -2.55. The smallest absolute Gasteiger partial charge is 0.267 e. The number of fused-ring (bicyclic) bond motifs is 2. The van der Waals surface area contributed by atoms with Crippen LogP contribution in [0, 0.1) is 17.8 Å². The van der Waals surface area contributed by atoms with E-state index in [0.717, 1.165) is 24.6 Å². The summed E-state index contributed by atoms with van der Waals surface area (Å²) in [5.41, 5.74) is 6.56. The molecule has 1 aromatic heterocycles. The molecule has 24 heavy (non-hydrogen) atoms. The maximum atomic E-state index is 11.6. The normalized spacial score (nSPS) is 33.4. The third kappa shape index (κ3) is 2.64. The van der Waals surface area contributed by atoms with Crippen LogP contribution in [0.25, 0.3) is 0 Å². The number of hydrogen-bond acceptors (Lipinski definition) is 4. The monoisotopic (exact) mass is 329 g/mol. The first-order chi connectivity index (χ1) is 11.6. The van der Waals surface area contributed by atoms with Gasteiger partial charge in [-0.25, -0.2) is 0 Å². The molecule has 0 radical (unpaired) electrons. The van der Waals surface area contributed by atoms with Gasteiger partial charge in [0, 0.05) is 44.8 Å². The number of rotatable bonds is 5. The van der Waals surface area contributed by atoms with Crippen molar-refractivity contribution in [1.29, 1.82) is 0 Å². The van der Waals surface area contributed by atoms with Gasteiger partial charge >= 0.3 is 0 Å². The molecular weight excluding hydrogens is 302 g/mol. The molecule has 5 nitrogen and oxygen atoms in total. The quantitative estimate of drug-likeness (QED) is 0.899. The second-order valence-electron chi connectivity index (χ2n) is 7.78. The largest absolute Gasteiger partial charge is 0.373 e. The highest BCUT2D eigenvalue weighted by molar-refractivity contribution is 5.90. The second kappa shape index (κ2) is 6.12. The summed E-state index contributed by atoms with van der Waals surface area (Å²) in [6.07, 6.45) is 8.12. The van der Waals surface area contributed by atoms with Gasteiger partial charge in [0.1, 0.15) is 11.3 Å². The van der Waals surface area contributed by atoms with Gasteiger partial charge in [-0.15, -0.1) is 0 Å². The molecule has 1 aromatic rings. The molecule has 5 heteroatoms. The summed E-state index contributed by atoms with van der Waals surface area (Å²) < 4.78 is 6.23. The van der Waals surface area contributed by atoms with Gasteiger partial charge in [0.15, 0.2) is 0 Å². The molecule has 2 saturated carbocycles. The first kappa shape index (κ1) is 16.0. The van der Waals surface area contributed by atoms with Crippen molar-refractivity contribution in [1.82, 2.24) is 9.88 Å². The fourth-order valence-corrected chi connectivity index (χ4v) is 5.07. The molecule has 1 saturated heterocycles. The molecule has 0 spiro atoms. The summed E-state index contributed by atoms with van der Waals surface area (Å²) in [5, 5.41) is 0. The molecule has 2 bridgehead atoms. The van der Waals surface area contributed by atoms with Crippen molar-refractivity contribution in [3.8, 4) is 0 Å². The summed E-state index contributed by atoms with van der Waals surface area (Å²) in [6.45, 7) is 3.43. The van der Waals surface area contributed by atoms with Crippen molar-refractivity contribution < 1.29 is 9.53 Å². The minimum Gasteiger partial charge on any atom is -0.373 e. The number of carbonyl (C=O) groups is 1. The van der Waals surface area contributed by atoms with Gasteiger partial charge in [-0.05, 0) is 49.3 Å². The van der Waals surface area contributed by atoms with Gasteiger partial charge in [-0.2, -0.15) is 0 Å². The molecule has 1 aliphatic heterocycles. The lowest BCUT2D eigenvalue weighted by molar-refractivity contribution is -0.169. The fraction of sp³-hybridized carbons (Fsp3) is 0.684. The standard InChI is InChI=1S/C19H27N3O2/c1-24-19(14-7-8-21-17(9-14)18(20)23)15-3-2-4-16(19)12-22(11-15)10-13-5-6-13/h7-9,13,15-16H,2-6,10-12H2,1H3,(H2,20,23)/t15-,16+,19+. The molecule has 2 aliphatic carbocycles. The number of likely N-dealkylation sites (tertiary alicyclic amines) is 1. The first-order valence-corrected chi connectivity index (χ1v) is 9.17. The highest BCUT2D eigenvalue weighted by Gasteiger charge is 2.53. The Balaban J connectivity index is 1.67. The predicted molar refractivity (Wildman–Crippen MR) is 91.4 cm³/mol. The van der Waals surface area contributed by atoms with Gasteiger partial charge in [-0.1, -0.05) is 6.42 Å². The van der Waals surface area contributed by atoms with Gasteiger partial charge in [0.2, 0.25) is 0 Å². The minimum atomic E-state index is -0.473. The molecule has 1 amide bonds. The number of aromatic nitrogens is 1. The molecule has 0 unspecified atom stereocenters. The summed E-state index contributed by atoms with van der Waals surface area (Å²) in [4.78, 5) is 18.3. The van der Waals surface area contributed by atoms with Crippen molar-refractivity contribution in [2.75, 3.05) is 26.7 Å². The van der Waals surface area contributed by atoms with Crippen molar-refractivity contribution in [3.63, 3.8) is 0 Å². The lowest BCUT2D eigenvalue weighted by Crippen LogP contribution is -2.59. The molecular formula is C19H27N3O2. The van der Waals surface area contributed by atoms with E-state index in [-0.39, 0.29) is 5.60 Å². The maximum Gasteiger partial charge on any atom is 0.267 e. The average molecular weight is 329 g/mol. The van der Waals surface area contributed by atoms with Crippen LogP contribution < -0.4 is 5.73 Å². The van der Waals surface area contributed by atoms with Gasteiger partial charge in [-0.3, -0.25) is 9.78 Å². The summed E-state index contributed by atoms with van der Waals surface area (Å²) in [5.74, 6) is 1.39. The van der Waals surface area contributed by atoms with Crippen LogP contribution >= 0.6 is 0 Å². The SMILES string of the molecule is CO[C@@]1(c2ccnc(C(N)=O)c2)[C@@H]2CCC[C@H]1CN(CC1CC1)C2. The zero-order valence-electron chi connectivity index (χ0n) is 14.4. The zero-order valence-corrected chi connectivity index (χ0v) is 14.4. The molecule has 3 fully saturated rings. The average Bonchev–Trinajstić information content (AvgIpc) is 3.38. The van der Waals surface area contributed by atoms with Gasteiger partial charge < -0.3 is 15.4 Å². The van der Waals surface area contributed by atoms with Crippen LogP contribution in [0.15, 0.2) is 18.3 Å². The molecule has 4 rings (SSSR count). The van der Waals surface area contributed by atoms with Crippen molar-refractivity contribution >= 4 is 5.91 Å². The fourth-order valence-electron chi connectivity index (χ4n) is 5.07. The Morgan fingerprint density at radius 2 is 2.04 bits per heavy atom. The number of methoxy groups -OCH3 is 1. The van der Waals surface area contributed by atoms with Crippen molar-refractivity contribution in [2.24, 2.45) is 23.5 Å². The topological polar surface area (TPSA) is 68.5 Å². The summed E-state index contributed by atoms with van der Waals surface area (Å²) >= 11 is 0. The van der Waals surface area contributed by atoms with E-state index in [0.29, 0.717) is 17.5 Å². The number of piperidine rings is 1. The van der Waals surface area contributed by atoms with E-state index in [1.165, 1.54) is 38.6 Å². The van der Waals surface area contributed by atoms with E-state index in [1.807, 2.05) is 19.2 Å². The van der Waals surface area contributed by atoms with E-state index in [1.54, 1.807) is 6.20 Å². The zero-order chi connectivity index (χ0) is 16.7. The Labute approximate surface area is 143 Å². The third-order valence-electron chi connectivity index (χ3n) is 6.29. The van der Waals surface area contributed by atoms with Crippen LogP contribution in [0.5, 0.6) is 0 Å². The van der Waals surface area contributed by atoms with Gasteiger partial charge in [0.25, 0.3) is 5.91 Å². The number of amides is 1. The van der Waals surface area contributed by atoms with Gasteiger partial charge in [0.05, 0.1) is 0 Å². The first-order valence-electron chi connectivity index (χ1n) is 9.17. The number of hydrogen-bond donors (Lipinski definition) is 1. The van der Waals surface area contributed by atoms with E-state index in [2.05, 4.69) is 9.88 Å². The van der Waals surface area contributed by atoms with Crippen LogP contribution in [0.1, 0.15) is 48.2 Å². The van der Waals surface area contributed by atoms with Crippen LogP contribution in [0.2, 0.25) is 0 Å². The molecule has 130 valence electrons. The number of pyridine rings is 1. The van der Waals surface area contributed by atoms with E-state index in [4.69, 9.17) is 10.5 Å². The Morgan fingerprint density at radius 3 is 2.62 bits per heavy atom. The molecule has 2 N–H and O–H groups in total. The Bertz CT molecular complexity index is 615. The highest BCUT2D eigenvalue weighted by Crippen LogP contribution is 2.51. The molecule has 2 heterocycles. The lowest BCUT2D eigenvalue weighted by atomic mass is 9.62. The summed E-state index contributed by atoms with van der Waals surface area (Å²) in [7, 11) is 1.83. The highest BCUT2D eigenvalue weighted by atomic mass is 16.5. The second-order valence-corrected chi connectivity index (χ2v) is 7.78. The van der Waals surface area contributed by atoms with E-state index in [9.17, 15) is 4.79 Å². The van der Waals surface area contributed by atoms with Crippen LogP contribution in [-0.4, -0.2) is 42.5 Å². The maximum absolute atomic E-state index is 11.6. The Kier molecular flexibility index (Phi) is 4.09. The van der Waals surface area contributed by atoms with Crippen molar-refractivity contribution in [3.05, 3.63) is 29.6 Å². The number of ether oxygens (including phenoxy) is 1.